The summed E-state index contributed by atoms with van der Waals surface area (Å²) in [4.78, 5) is 0. The highest BCUT2D eigenvalue weighted by molar-refractivity contribution is 7.89. The summed E-state index contributed by atoms with van der Waals surface area (Å²) in [6.07, 6.45) is 5.88. The molecule has 0 aromatic heterocycles. The van der Waals surface area contributed by atoms with Crippen LogP contribution in [0.25, 0.3) is 0 Å². The van der Waals surface area contributed by atoms with Crippen molar-refractivity contribution in [3.05, 3.63) is 0 Å². The third-order valence-electron chi connectivity index (χ3n) is 3.38. The molecule has 5 heteroatoms. The van der Waals surface area contributed by atoms with Crippen molar-refractivity contribution in [3.63, 3.8) is 0 Å². The first-order valence-corrected chi connectivity index (χ1v) is 8.35. The molecule has 1 rings (SSSR count). The fraction of sp³-hybridized carbons (Fsp3) is 1.00. The first kappa shape index (κ1) is 14.9. The van der Waals surface area contributed by atoms with Gasteiger partial charge in [0, 0.05) is 5.54 Å². The van der Waals surface area contributed by atoms with Gasteiger partial charge in [-0.2, -0.15) is 0 Å². The van der Waals surface area contributed by atoms with Crippen LogP contribution >= 0.6 is 0 Å². The van der Waals surface area contributed by atoms with E-state index in [2.05, 4.69) is 17.0 Å². The monoisotopic (exact) mass is 262 g/mol. The molecule has 0 unspecified atom stereocenters. The number of nitrogens with one attached hydrogen (secondary N) is 2. The van der Waals surface area contributed by atoms with Crippen LogP contribution in [0.1, 0.15) is 52.4 Å². The second kappa shape index (κ2) is 6.71. The van der Waals surface area contributed by atoms with Gasteiger partial charge in [0.25, 0.3) is 0 Å². The lowest BCUT2D eigenvalue weighted by atomic mass is 10.0. The van der Waals surface area contributed by atoms with E-state index in [1.807, 2.05) is 6.92 Å². The zero-order valence-corrected chi connectivity index (χ0v) is 11.9. The molecular weight excluding hydrogens is 236 g/mol. The summed E-state index contributed by atoms with van der Waals surface area (Å²) in [6.45, 7) is 5.93. The second-order valence-corrected chi connectivity index (χ2v) is 7.09. The summed E-state index contributed by atoms with van der Waals surface area (Å²) in [6, 6.07) is 0. The van der Waals surface area contributed by atoms with Crippen molar-refractivity contribution in [1.29, 1.82) is 0 Å². The first-order chi connectivity index (χ1) is 7.97. The van der Waals surface area contributed by atoms with Crippen LogP contribution in [0.5, 0.6) is 0 Å². The number of hydrogen-bond acceptors (Lipinski definition) is 3. The average Bonchev–Trinajstić information content (AvgIpc) is 2.63. The number of unbranched alkanes of at least 4 members (excludes halogenated alkanes) is 1. The van der Waals surface area contributed by atoms with E-state index in [1.54, 1.807) is 0 Å². The van der Waals surface area contributed by atoms with Gasteiger partial charge in [0.15, 0.2) is 0 Å². The molecule has 1 fully saturated rings. The third-order valence-corrected chi connectivity index (χ3v) is 5.01. The predicted molar refractivity (Wildman–Crippen MR) is 71.6 cm³/mol. The molecule has 0 radical (unpaired) electrons. The zero-order valence-electron chi connectivity index (χ0n) is 11.1. The van der Waals surface area contributed by atoms with Crippen molar-refractivity contribution in [3.8, 4) is 0 Å². The van der Waals surface area contributed by atoms with Crippen molar-refractivity contribution in [2.24, 2.45) is 0 Å². The molecule has 0 spiro atoms. The van der Waals surface area contributed by atoms with E-state index in [9.17, 15) is 8.42 Å². The SMILES string of the molecule is CCNCCCCS(=O)(=O)NC1(C)CCCC1. The minimum Gasteiger partial charge on any atom is -0.317 e. The Bertz CT molecular complexity index is 308. The van der Waals surface area contributed by atoms with E-state index in [4.69, 9.17) is 0 Å². The van der Waals surface area contributed by atoms with Gasteiger partial charge in [-0.15, -0.1) is 0 Å². The number of hydrogen-bond donors (Lipinski definition) is 2. The summed E-state index contributed by atoms with van der Waals surface area (Å²) in [5.74, 6) is 0.258. The van der Waals surface area contributed by atoms with Gasteiger partial charge in [0.05, 0.1) is 5.75 Å². The smallest absolute Gasteiger partial charge is 0.212 e. The molecule has 0 aliphatic heterocycles. The summed E-state index contributed by atoms with van der Waals surface area (Å²) in [5, 5.41) is 3.20. The maximum atomic E-state index is 11.9. The van der Waals surface area contributed by atoms with Gasteiger partial charge >= 0.3 is 0 Å². The van der Waals surface area contributed by atoms with E-state index in [0.29, 0.717) is 0 Å². The molecule has 102 valence electrons. The number of rotatable bonds is 8. The molecule has 1 aliphatic carbocycles. The minimum atomic E-state index is -3.09. The third kappa shape index (κ3) is 5.84. The maximum Gasteiger partial charge on any atom is 0.212 e. The van der Waals surface area contributed by atoms with Gasteiger partial charge in [0.1, 0.15) is 0 Å². The molecular formula is C12H26N2O2S. The lowest BCUT2D eigenvalue weighted by molar-refractivity contribution is 0.427. The first-order valence-electron chi connectivity index (χ1n) is 6.70. The Kier molecular flexibility index (Phi) is 5.89. The fourth-order valence-electron chi connectivity index (χ4n) is 2.40. The van der Waals surface area contributed by atoms with E-state index < -0.39 is 10.0 Å². The molecule has 4 nitrogen and oxygen atoms in total. The average molecular weight is 262 g/mol. The van der Waals surface area contributed by atoms with Crippen LogP contribution in [0, 0.1) is 0 Å². The lowest BCUT2D eigenvalue weighted by Crippen LogP contribution is -2.44. The van der Waals surface area contributed by atoms with Crippen molar-refractivity contribution in [2.45, 2.75) is 57.9 Å². The van der Waals surface area contributed by atoms with Crippen LogP contribution in [0.3, 0.4) is 0 Å². The molecule has 0 aromatic carbocycles. The molecule has 0 bridgehead atoms. The van der Waals surface area contributed by atoms with Crippen LogP contribution in [0.2, 0.25) is 0 Å². The molecule has 1 aliphatic rings. The summed E-state index contributed by atoms with van der Waals surface area (Å²) in [7, 11) is -3.09. The number of sulfonamides is 1. The lowest BCUT2D eigenvalue weighted by Gasteiger charge is -2.24. The fourth-order valence-corrected chi connectivity index (χ4v) is 4.04. The van der Waals surface area contributed by atoms with E-state index in [-0.39, 0.29) is 11.3 Å². The van der Waals surface area contributed by atoms with Gasteiger partial charge in [-0.25, -0.2) is 13.1 Å². The van der Waals surface area contributed by atoms with Crippen LogP contribution < -0.4 is 10.0 Å². The summed E-state index contributed by atoms with van der Waals surface area (Å²) >= 11 is 0. The Balaban J connectivity index is 2.26. The van der Waals surface area contributed by atoms with Crippen LogP contribution in [0.15, 0.2) is 0 Å². The van der Waals surface area contributed by atoms with Crippen molar-refractivity contribution in [1.82, 2.24) is 10.0 Å². The Morgan fingerprint density at radius 3 is 2.41 bits per heavy atom. The summed E-state index contributed by atoms with van der Waals surface area (Å²) in [5.41, 5.74) is -0.180. The standard InChI is InChI=1S/C12H26N2O2S/c1-3-13-10-6-7-11-17(15,16)14-12(2)8-4-5-9-12/h13-14H,3-11H2,1-2H3. The zero-order chi connectivity index (χ0) is 12.8. The van der Waals surface area contributed by atoms with E-state index in [0.717, 1.165) is 51.6 Å². The highest BCUT2D eigenvalue weighted by Crippen LogP contribution is 2.29. The van der Waals surface area contributed by atoms with Crippen molar-refractivity contribution in [2.75, 3.05) is 18.8 Å². The van der Waals surface area contributed by atoms with Crippen LogP contribution in [-0.2, 0) is 10.0 Å². The van der Waals surface area contributed by atoms with Crippen molar-refractivity contribution < 1.29 is 8.42 Å². The summed E-state index contributed by atoms with van der Waals surface area (Å²) < 4.78 is 26.7. The molecule has 1 saturated carbocycles. The molecule has 0 amide bonds. The van der Waals surface area contributed by atoms with Gasteiger partial charge in [0.2, 0.25) is 10.0 Å². The van der Waals surface area contributed by atoms with Crippen LogP contribution in [-0.4, -0.2) is 32.8 Å². The maximum absolute atomic E-state index is 11.9. The minimum absolute atomic E-state index is 0.180. The Hall–Kier alpha value is -0.130. The van der Waals surface area contributed by atoms with Gasteiger partial charge in [-0.3, -0.25) is 0 Å². The Morgan fingerprint density at radius 2 is 1.82 bits per heavy atom. The molecule has 17 heavy (non-hydrogen) atoms. The van der Waals surface area contributed by atoms with E-state index >= 15 is 0 Å². The molecule has 0 heterocycles. The molecule has 2 N–H and O–H groups in total. The van der Waals surface area contributed by atoms with E-state index in [1.165, 1.54) is 0 Å². The largest absolute Gasteiger partial charge is 0.317 e. The van der Waals surface area contributed by atoms with Crippen molar-refractivity contribution >= 4 is 10.0 Å². The van der Waals surface area contributed by atoms with Gasteiger partial charge in [-0.1, -0.05) is 19.8 Å². The van der Waals surface area contributed by atoms with Gasteiger partial charge in [-0.05, 0) is 45.7 Å². The van der Waals surface area contributed by atoms with Crippen LogP contribution in [0.4, 0.5) is 0 Å². The van der Waals surface area contributed by atoms with Gasteiger partial charge < -0.3 is 5.32 Å². The topological polar surface area (TPSA) is 58.2 Å². The normalized spacial score (nSPS) is 19.6. The highest BCUT2D eigenvalue weighted by Gasteiger charge is 2.32. The molecule has 0 saturated heterocycles. The molecule has 0 atom stereocenters. The second-order valence-electron chi connectivity index (χ2n) is 5.25. The predicted octanol–water partition coefficient (Wildman–Crippen LogP) is 1.63. The molecule has 0 aromatic rings. The highest BCUT2D eigenvalue weighted by atomic mass is 32.2. The quantitative estimate of drug-likeness (QED) is 0.654. The Labute approximate surface area is 106 Å². The Morgan fingerprint density at radius 1 is 1.18 bits per heavy atom.